The molecule has 22 heavy (non-hydrogen) atoms. The Morgan fingerprint density at radius 3 is 2.82 bits per heavy atom. The predicted octanol–water partition coefficient (Wildman–Crippen LogP) is 3.16. The van der Waals surface area contributed by atoms with Crippen molar-refractivity contribution in [2.24, 2.45) is 0 Å². The summed E-state index contributed by atoms with van der Waals surface area (Å²) in [4.78, 5) is 17.0. The van der Waals surface area contributed by atoms with Crippen LogP contribution in [0.3, 0.4) is 0 Å². The van der Waals surface area contributed by atoms with E-state index in [2.05, 4.69) is 22.3 Å². The Morgan fingerprint density at radius 2 is 2.05 bits per heavy atom. The van der Waals surface area contributed by atoms with Gasteiger partial charge in [-0.3, -0.25) is 4.79 Å². The molecular formula is C17H18N4O. The van der Waals surface area contributed by atoms with Crippen molar-refractivity contribution in [3.8, 4) is 0 Å². The van der Waals surface area contributed by atoms with Gasteiger partial charge in [0.05, 0.1) is 6.20 Å². The second-order valence-electron chi connectivity index (χ2n) is 5.30. The standard InChI is InChI=1S/C17H18N4O/c1-4-13-7-5-6-8-15(13)20-17(22)14-10-18-21-12(3)9-11(2)19-16(14)21/h5-10H,4H2,1-3H3,(H,20,22). The van der Waals surface area contributed by atoms with Crippen molar-refractivity contribution in [2.75, 3.05) is 5.32 Å². The van der Waals surface area contributed by atoms with Gasteiger partial charge in [0.15, 0.2) is 5.65 Å². The van der Waals surface area contributed by atoms with E-state index in [4.69, 9.17) is 0 Å². The van der Waals surface area contributed by atoms with Crippen LogP contribution in [0.1, 0.15) is 34.2 Å². The molecule has 2 heterocycles. The molecule has 2 aromatic heterocycles. The first kappa shape index (κ1) is 14.3. The summed E-state index contributed by atoms with van der Waals surface area (Å²) >= 11 is 0. The Morgan fingerprint density at radius 1 is 1.27 bits per heavy atom. The zero-order chi connectivity index (χ0) is 15.7. The fraction of sp³-hybridized carbons (Fsp3) is 0.235. The molecule has 5 heteroatoms. The molecule has 0 radical (unpaired) electrons. The summed E-state index contributed by atoms with van der Waals surface area (Å²) < 4.78 is 1.69. The molecule has 1 N–H and O–H groups in total. The van der Waals surface area contributed by atoms with Gasteiger partial charge in [0.1, 0.15) is 5.56 Å². The summed E-state index contributed by atoms with van der Waals surface area (Å²) in [5.74, 6) is -0.187. The Labute approximate surface area is 129 Å². The molecule has 1 amide bonds. The Bertz CT molecular complexity index is 851. The minimum atomic E-state index is -0.187. The molecule has 0 spiro atoms. The molecule has 112 valence electrons. The summed E-state index contributed by atoms with van der Waals surface area (Å²) in [6.07, 6.45) is 2.43. The third-order valence-corrected chi connectivity index (χ3v) is 3.67. The van der Waals surface area contributed by atoms with Gasteiger partial charge >= 0.3 is 0 Å². The van der Waals surface area contributed by atoms with Gasteiger partial charge in [-0.15, -0.1) is 0 Å². The molecular weight excluding hydrogens is 276 g/mol. The number of anilines is 1. The zero-order valence-electron chi connectivity index (χ0n) is 12.9. The molecule has 0 aliphatic heterocycles. The van der Waals surface area contributed by atoms with E-state index >= 15 is 0 Å². The quantitative estimate of drug-likeness (QED) is 0.807. The molecule has 0 aliphatic carbocycles. The molecule has 3 aromatic rings. The number of aryl methyl sites for hydroxylation is 3. The van der Waals surface area contributed by atoms with Gasteiger partial charge < -0.3 is 5.32 Å². The van der Waals surface area contributed by atoms with Crippen LogP contribution in [0.4, 0.5) is 5.69 Å². The number of carbonyl (C=O) groups excluding carboxylic acids is 1. The monoisotopic (exact) mass is 294 g/mol. The number of para-hydroxylation sites is 1. The van der Waals surface area contributed by atoms with E-state index in [0.717, 1.165) is 29.1 Å². The van der Waals surface area contributed by atoms with Crippen LogP contribution in [0, 0.1) is 13.8 Å². The Kier molecular flexibility index (Phi) is 3.63. The maximum atomic E-state index is 12.6. The second kappa shape index (κ2) is 5.60. The predicted molar refractivity (Wildman–Crippen MR) is 86.2 cm³/mol. The van der Waals surface area contributed by atoms with Crippen LogP contribution in [0.25, 0.3) is 5.65 Å². The highest BCUT2D eigenvalue weighted by Gasteiger charge is 2.16. The molecule has 5 nitrogen and oxygen atoms in total. The van der Waals surface area contributed by atoms with E-state index in [1.165, 1.54) is 0 Å². The third kappa shape index (κ3) is 2.45. The maximum absolute atomic E-state index is 12.6. The first-order chi connectivity index (χ1) is 10.6. The minimum absolute atomic E-state index is 0.187. The lowest BCUT2D eigenvalue weighted by molar-refractivity contribution is 0.102. The number of rotatable bonds is 3. The van der Waals surface area contributed by atoms with Crippen molar-refractivity contribution >= 4 is 17.2 Å². The van der Waals surface area contributed by atoms with E-state index in [-0.39, 0.29) is 5.91 Å². The van der Waals surface area contributed by atoms with E-state index in [1.807, 2.05) is 44.2 Å². The summed E-state index contributed by atoms with van der Waals surface area (Å²) in [6, 6.07) is 9.74. The van der Waals surface area contributed by atoms with Crippen LogP contribution in [0.2, 0.25) is 0 Å². The molecule has 1 aromatic carbocycles. The fourth-order valence-corrected chi connectivity index (χ4v) is 2.57. The molecule has 0 saturated carbocycles. The van der Waals surface area contributed by atoms with Gasteiger partial charge in [0.2, 0.25) is 0 Å². The van der Waals surface area contributed by atoms with Crippen molar-refractivity contribution < 1.29 is 4.79 Å². The number of hydrogen-bond donors (Lipinski definition) is 1. The molecule has 3 rings (SSSR count). The molecule has 0 saturated heterocycles. The number of aromatic nitrogens is 3. The normalized spacial score (nSPS) is 10.9. The van der Waals surface area contributed by atoms with Gasteiger partial charge in [-0.05, 0) is 38.0 Å². The largest absolute Gasteiger partial charge is 0.322 e. The van der Waals surface area contributed by atoms with Crippen LogP contribution < -0.4 is 5.32 Å². The van der Waals surface area contributed by atoms with E-state index in [9.17, 15) is 4.79 Å². The van der Waals surface area contributed by atoms with Gasteiger partial charge in [-0.25, -0.2) is 9.50 Å². The maximum Gasteiger partial charge on any atom is 0.261 e. The topological polar surface area (TPSA) is 59.3 Å². The first-order valence-corrected chi connectivity index (χ1v) is 7.31. The molecule has 0 atom stereocenters. The summed E-state index contributed by atoms with van der Waals surface area (Å²) in [5, 5.41) is 7.22. The average molecular weight is 294 g/mol. The van der Waals surface area contributed by atoms with Gasteiger partial charge in [0, 0.05) is 17.1 Å². The highest BCUT2D eigenvalue weighted by atomic mass is 16.1. The van der Waals surface area contributed by atoms with Crippen LogP contribution in [-0.2, 0) is 6.42 Å². The Balaban J connectivity index is 1.99. The van der Waals surface area contributed by atoms with Crippen LogP contribution >= 0.6 is 0 Å². The Hall–Kier alpha value is -2.69. The van der Waals surface area contributed by atoms with Crippen LogP contribution in [-0.4, -0.2) is 20.5 Å². The lowest BCUT2D eigenvalue weighted by Gasteiger charge is -2.09. The lowest BCUT2D eigenvalue weighted by atomic mass is 10.1. The number of amides is 1. The van der Waals surface area contributed by atoms with Gasteiger partial charge in [-0.2, -0.15) is 5.10 Å². The van der Waals surface area contributed by atoms with Crippen molar-refractivity contribution in [1.82, 2.24) is 14.6 Å². The lowest BCUT2D eigenvalue weighted by Crippen LogP contribution is -2.13. The summed E-state index contributed by atoms with van der Waals surface area (Å²) in [7, 11) is 0. The fourth-order valence-electron chi connectivity index (χ4n) is 2.57. The second-order valence-corrected chi connectivity index (χ2v) is 5.30. The molecule has 0 aliphatic rings. The average Bonchev–Trinajstić information content (AvgIpc) is 2.92. The number of carbonyl (C=O) groups is 1. The van der Waals surface area contributed by atoms with Crippen molar-refractivity contribution in [2.45, 2.75) is 27.2 Å². The van der Waals surface area contributed by atoms with E-state index < -0.39 is 0 Å². The number of nitrogens with one attached hydrogen (secondary N) is 1. The number of benzene rings is 1. The highest BCUT2D eigenvalue weighted by molar-refractivity contribution is 6.08. The number of nitrogens with zero attached hydrogens (tertiary/aromatic N) is 3. The smallest absolute Gasteiger partial charge is 0.261 e. The van der Waals surface area contributed by atoms with Crippen molar-refractivity contribution in [3.63, 3.8) is 0 Å². The van der Waals surface area contributed by atoms with E-state index in [0.29, 0.717) is 11.2 Å². The van der Waals surface area contributed by atoms with Crippen LogP contribution in [0.15, 0.2) is 36.5 Å². The van der Waals surface area contributed by atoms with Crippen molar-refractivity contribution in [1.29, 1.82) is 0 Å². The van der Waals surface area contributed by atoms with E-state index in [1.54, 1.807) is 10.7 Å². The summed E-state index contributed by atoms with van der Waals surface area (Å²) in [5.41, 5.74) is 4.83. The first-order valence-electron chi connectivity index (χ1n) is 7.31. The van der Waals surface area contributed by atoms with Gasteiger partial charge in [0.25, 0.3) is 5.91 Å². The summed E-state index contributed by atoms with van der Waals surface area (Å²) in [6.45, 7) is 5.92. The van der Waals surface area contributed by atoms with Crippen LogP contribution in [0.5, 0.6) is 0 Å². The molecule has 0 unspecified atom stereocenters. The zero-order valence-corrected chi connectivity index (χ0v) is 12.9. The number of hydrogen-bond acceptors (Lipinski definition) is 3. The highest BCUT2D eigenvalue weighted by Crippen LogP contribution is 2.18. The van der Waals surface area contributed by atoms with Gasteiger partial charge in [-0.1, -0.05) is 25.1 Å². The van der Waals surface area contributed by atoms with Crippen molar-refractivity contribution in [3.05, 3.63) is 59.0 Å². The minimum Gasteiger partial charge on any atom is -0.322 e. The number of fused-ring (bicyclic) bond motifs is 1. The third-order valence-electron chi connectivity index (χ3n) is 3.67. The SMILES string of the molecule is CCc1ccccc1NC(=O)c1cnn2c(C)cc(C)nc12. The molecule has 0 bridgehead atoms. The molecule has 0 fully saturated rings.